The molecule has 0 radical (unpaired) electrons. The lowest BCUT2D eigenvalue weighted by atomic mass is 9.69. The van der Waals surface area contributed by atoms with Gasteiger partial charge in [-0.3, -0.25) is 4.99 Å². The van der Waals surface area contributed by atoms with Gasteiger partial charge in [0.1, 0.15) is 11.2 Å². The average Bonchev–Trinajstić information content (AvgIpc) is 3.59. The maximum absolute atomic E-state index is 6.78. The van der Waals surface area contributed by atoms with Crippen LogP contribution in [-0.4, -0.2) is 5.71 Å². The van der Waals surface area contributed by atoms with Gasteiger partial charge in [-0.15, -0.1) is 0 Å². The number of aliphatic imine (C=N–C) groups is 1. The number of nitrogens with zero attached hydrogens (tertiary/aromatic N) is 1. The molecular weight excluding hydrogens is 643 g/mol. The van der Waals surface area contributed by atoms with Crippen LogP contribution in [0.3, 0.4) is 0 Å². The highest BCUT2D eigenvalue weighted by Gasteiger charge is 2.36. The van der Waals surface area contributed by atoms with Crippen LogP contribution in [0.4, 0.5) is 0 Å². The highest BCUT2D eigenvalue weighted by molar-refractivity contribution is 6.38. The van der Waals surface area contributed by atoms with E-state index in [1.807, 2.05) is 0 Å². The molecule has 2 nitrogen and oxygen atoms in total. The van der Waals surface area contributed by atoms with E-state index in [0.717, 1.165) is 24.0 Å². The molecule has 8 aromatic carbocycles. The van der Waals surface area contributed by atoms with E-state index in [9.17, 15) is 0 Å². The van der Waals surface area contributed by atoms with Crippen LogP contribution < -0.4 is 0 Å². The van der Waals surface area contributed by atoms with Crippen LogP contribution in [0.15, 0.2) is 161 Å². The van der Waals surface area contributed by atoms with Crippen LogP contribution >= 0.6 is 0 Å². The first kappa shape index (κ1) is 32.0. The van der Waals surface area contributed by atoms with Crippen LogP contribution in [0.25, 0.3) is 65.4 Å². The number of rotatable bonds is 5. The van der Waals surface area contributed by atoms with Crippen molar-refractivity contribution in [1.82, 2.24) is 0 Å². The first-order valence-corrected chi connectivity index (χ1v) is 19.4. The topological polar surface area (TPSA) is 25.5 Å². The van der Waals surface area contributed by atoms with Gasteiger partial charge in [-0.2, -0.15) is 0 Å². The summed E-state index contributed by atoms with van der Waals surface area (Å²) in [5, 5.41) is 9.99. The van der Waals surface area contributed by atoms with Crippen LogP contribution in [0.2, 0.25) is 0 Å². The number of fused-ring (bicyclic) bond motifs is 5. The van der Waals surface area contributed by atoms with Gasteiger partial charge in [0, 0.05) is 27.8 Å². The summed E-state index contributed by atoms with van der Waals surface area (Å²) in [7, 11) is 0. The van der Waals surface area contributed by atoms with E-state index in [1.165, 1.54) is 76.6 Å². The number of furan rings is 1. The number of hydrogen-bond acceptors (Lipinski definition) is 2. The van der Waals surface area contributed by atoms with Crippen LogP contribution in [0.5, 0.6) is 0 Å². The molecule has 5 atom stereocenters. The van der Waals surface area contributed by atoms with Crippen molar-refractivity contribution in [3.05, 3.63) is 168 Å². The fraction of sp³-hybridized carbons (Fsp3) is 0.196. The van der Waals surface area contributed by atoms with Crippen LogP contribution in [-0.2, 0) is 0 Å². The van der Waals surface area contributed by atoms with E-state index in [-0.39, 0.29) is 6.04 Å². The molecule has 0 fully saturated rings. The van der Waals surface area contributed by atoms with Gasteiger partial charge in [-0.25, -0.2) is 0 Å². The Morgan fingerprint density at radius 1 is 0.528 bits per heavy atom. The maximum Gasteiger partial charge on any atom is 0.136 e. The van der Waals surface area contributed by atoms with Gasteiger partial charge in [0.2, 0.25) is 0 Å². The lowest BCUT2D eigenvalue weighted by molar-refractivity contribution is 0.253. The zero-order valence-corrected chi connectivity index (χ0v) is 30.6. The normalized spacial score (nSPS) is 21.0. The summed E-state index contributed by atoms with van der Waals surface area (Å²) in [6.07, 6.45) is 2.12. The molecule has 0 saturated heterocycles. The van der Waals surface area contributed by atoms with Gasteiger partial charge in [-0.05, 0) is 110 Å². The van der Waals surface area contributed by atoms with Crippen molar-refractivity contribution in [3.63, 3.8) is 0 Å². The van der Waals surface area contributed by atoms with Crippen molar-refractivity contribution < 1.29 is 4.42 Å². The summed E-state index contributed by atoms with van der Waals surface area (Å²) < 4.78 is 6.78. The second-order valence-electron chi connectivity index (χ2n) is 15.4. The summed E-state index contributed by atoms with van der Waals surface area (Å²) in [6.45, 7) is 7.22. The third kappa shape index (κ3) is 5.18. The molecule has 2 heteroatoms. The van der Waals surface area contributed by atoms with Gasteiger partial charge in [0.05, 0.1) is 6.04 Å². The van der Waals surface area contributed by atoms with E-state index >= 15 is 0 Å². The smallest absolute Gasteiger partial charge is 0.136 e. The Hall–Kier alpha value is -5.73. The lowest BCUT2D eigenvalue weighted by Crippen LogP contribution is -2.30. The quantitative estimate of drug-likeness (QED) is 0.166. The molecule has 1 aromatic heterocycles. The monoisotopic (exact) mass is 685 g/mol. The zero-order chi connectivity index (χ0) is 35.6. The Balaban J connectivity index is 1.16. The molecule has 258 valence electrons. The van der Waals surface area contributed by atoms with Crippen molar-refractivity contribution in [1.29, 1.82) is 0 Å². The average molecular weight is 686 g/mol. The van der Waals surface area contributed by atoms with Crippen molar-refractivity contribution in [2.24, 2.45) is 22.7 Å². The minimum atomic E-state index is 0.0722. The van der Waals surface area contributed by atoms with E-state index < -0.39 is 0 Å². The Kier molecular flexibility index (Phi) is 7.68. The van der Waals surface area contributed by atoms with E-state index in [2.05, 4.69) is 172 Å². The van der Waals surface area contributed by atoms with Gasteiger partial charge in [-0.1, -0.05) is 148 Å². The Labute approximate surface area is 311 Å². The van der Waals surface area contributed by atoms with E-state index in [4.69, 9.17) is 9.41 Å². The highest BCUT2D eigenvalue weighted by atomic mass is 16.3. The van der Waals surface area contributed by atoms with Gasteiger partial charge < -0.3 is 4.42 Å². The second kappa shape index (κ2) is 12.7. The molecule has 1 aliphatic heterocycles. The summed E-state index contributed by atoms with van der Waals surface area (Å²) >= 11 is 0. The molecule has 1 aliphatic rings. The molecule has 0 amide bonds. The second-order valence-corrected chi connectivity index (χ2v) is 15.4. The first-order chi connectivity index (χ1) is 26.1. The van der Waals surface area contributed by atoms with E-state index in [0.29, 0.717) is 23.7 Å². The molecule has 53 heavy (non-hydrogen) atoms. The van der Waals surface area contributed by atoms with Crippen LogP contribution in [0.1, 0.15) is 62.3 Å². The van der Waals surface area contributed by atoms with E-state index in [1.54, 1.807) is 0 Å². The molecule has 10 rings (SSSR count). The molecule has 2 heterocycles. The molecular formula is C51H43NO. The third-order valence-corrected chi connectivity index (χ3v) is 12.6. The highest BCUT2D eigenvalue weighted by Crippen LogP contribution is 2.48. The summed E-state index contributed by atoms with van der Waals surface area (Å²) in [5.74, 6) is 1.61. The predicted octanol–water partition coefficient (Wildman–Crippen LogP) is 14.2. The SMILES string of the molecule is CCC1CC(c2ccccc2)C(C)C(C)C(c2ccccc2)N=C1c1cccc(-c2cc3oc4cc5ccccc5c5c6ccccc6c(c2)c3c45)c1. The number of hydrogen-bond donors (Lipinski definition) is 0. The Morgan fingerprint density at radius 3 is 1.96 bits per heavy atom. The Bertz CT molecular complexity index is 2790. The van der Waals surface area contributed by atoms with Gasteiger partial charge in [0.25, 0.3) is 0 Å². The zero-order valence-electron chi connectivity index (χ0n) is 30.6. The largest absolute Gasteiger partial charge is 0.456 e. The standard InChI is InChI=1S/C51H43NO/c1-4-33-27-43(34-16-7-5-8-17-34)31(2)32(3)50(35-18-9-6-10-19-35)52-51(33)38-22-15-21-36(26-38)39-28-44-41-24-13-14-25-42(41)47-40-23-12-11-20-37(40)29-46-49(47)48(44)45(30-39)53-46/h5-26,28-33,43,50H,4,27H2,1-3H3. The van der Waals surface area contributed by atoms with Crippen LogP contribution in [0, 0.1) is 17.8 Å². The fourth-order valence-corrected chi connectivity index (χ4v) is 9.67. The predicted molar refractivity (Wildman–Crippen MR) is 224 cm³/mol. The summed E-state index contributed by atoms with van der Waals surface area (Å²) in [6, 6.07) is 55.9. The molecule has 5 unspecified atom stereocenters. The minimum absolute atomic E-state index is 0.0722. The number of benzene rings is 8. The third-order valence-electron chi connectivity index (χ3n) is 12.6. The first-order valence-electron chi connectivity index (χ1n) is 19.4. The molecule has 0 saturated carbocycles. The summed E-state index contributed by atoms with van der Waals surface area (Å²) in [5.41, 5.74) is 9.43. The molecule has 9 aromatic rings. The van der Waals surface area contributed by atoms with Gasteiger partial charge >= 0.3 is 0 Å². The van der Waals surface area contributed by atoms with Crippen molar-refractivity contribution in [3.8, 4) is 11.1 Å². The summed E-state index contributed by atoms with van der Waals surface area (Å²) in [4.78, 5) is 5.80. The molecule has 0 aliphatic carbocycles. The van der Waals surface area contributed by atoms with Crippen molar-refractivity contribution in [2.45, 2.75) is 45.6 Å². The molecule has 0 bridgehead atoms. The lowest BCUT2D eigenvalue weighted by Gasteiger charge is -2.38. The molecule has 0 spiro atoms. The maximum atomic E-state index is 6.78. The van der Waals surface area contributed by atoms with Crippen molar-refractivity contribution in [2.75, 3.05) is 0 Å². The fourth-order valence-electron chi connectivity index (χ4n) is 9.67. The Morgan fingerprint density at radius 2 is 1.19 bits per heavy atom. The van der Waals surface area contributed by atoms with Crippen molar-refractivity contribution >= 4 is 60.0 Å². The molecule has 0 N–H and O–H groups in total. The minimum Gasteiger partial charge on any atom is -0.456 e. The van der Waals surface area contributed by atoms with Gasteiger partial charge in [0.15, 0.2) is 0 Å².